The summed E-state index contributed by atoms with van der Waals surface area (Å²) in [7, 11) is 0. The number of halogens is 2. The highest BCUT2D eigenvalue weighted by molar-refractivity contribution is 5.88. The van der Waals surface area contributed by atoms with Crippen molar-refractivity contribution in [1.82, 2.24) is 19.9 Å². The molecule has 2 aliphatic rings. The standard InChI is InChI=1S/C24H20F2N6O/c25-24(26,19-2-1-3-20-23(19)29-11-10-28-20)9-8-22(33)31-14-17-5-6-18(15-31)32(17)21-7-4-16(12-27)13-30-21/h1-4,7-11,13,17-18H,5-6,14-15H2/b9-8+. The molecule has 2 unspecified atom stereocenters. The number of rotatable bonds is 4. The highest BCUT2D eigenvalue weighted by Crippen LogP contribution is 2.35. The minimum atomic E-state index is -3.36. The van der Waals surface area contributed by atoms with Crippen LogP contribution in [0.15, 0.2) is 61.1 Å². The van der Waals surface area contributed by atoms with Crippen molar-refractivity contribution in [2.75, 3.05) is 18.0 Å². The minimum Gasteiger partial charge on any atom is -0.347 e. The number of hydrogen-bond acceptors (Lipinski definition) is 6. The lowest BCUT2D eigenvalue weighted by atomic mass is 10.1. The summed E-state index contributed by atoms with van der Waals surface area (Å²) < 4.78 is 29.9. The van der Waals surface area contributed by atoms with E-state index in [0.717, 1.165) is 24.7 Å². The van der Waals surface area contributed by atoms with E-state index in [4.69, 9.17) is 5.26 Å². The van der Waals surface area contributed by atoms with Gasteiger partial charge in [0.2, 0.25) is 5.91 Å². The third-order valence-corrected chi connectivity index (χ3v) is 6.23. The lowest BCUT2D eigenvalue weighted by Crippen LogP contribution is -2.55. The Balaban J connectivity index is 1.31. The highest BCUT2D eigenvalue weighted by Gasteiger charge is 2.42. The number of benzene rings is 1. The molecule has 0 aliphatic carbocycles. The zero-order chi connectivity index (χ0) is 23.0. The van der Waals surface area contributed by atoms with Crippen LogP contribution in [-0.2, 0) is 10.7 Å². The first-order valence-electron chi connectivity index (χ1n) is 10.7. The van der Waals surface area contributed by atoms with Crippen LogP contribution in [0.25, 0.3) is 11.0 Å². The summed E-state index contributed by atoms with van der Waals surface area (Å²) in [6, 6.07) is 10.1. The van der Waals surface area contributed by atoms with Gasteiger partial charge >= 0.3 is 0 Å². The van der Waals surface area contributed by atoms with E-state index < -0.39 is 11.8 Å². The molecular weight excluding hydrogens is 426 g/mol. The monoisotopic (exact) mass is 446 g/mol. The molecule has 4 heterocycles. The fourth-order valence-electron chi connectivity index (χ4n) is 4.69. The summed E-state index contributed by atoms with van der Waals surface area (Å²) in [4.78, 5) is 29.1. The van der Waals surface area contributed by atoms with Gasteiger partial charge in [-0.25, -0.2) is 4.98 Å². The molecule has 2 aromatic heterocycles. The van der Waals surface area contributed by atoms with Gasteiger partial charge in [-0.1, -0.05) is 12.1 Å². The molecule has 2 atom stereocenters. The van der Waals surface area contributed by atoms with E-state index in [9.17, 15) is 13.6 Å². The molecular formula is C24H20F2N6O. The number of carbonyl (C=O) groups excluding carboxylic acids is 1. The van der Waals surface area contributed by atoms with Gasteiger partial charge in [0, 0.05) is 49.8 Å². The molecule has 0 saturated carbocycles. The SMILES string of the molecule is N#Cc1ccc(N2C3CCC2CN(C(=O)/C=C/C(F)(F)c2cccc4nccnc24)C3)nc1. The van der Waals surface area contributed by atoms with Gasteiger partial charge in [0.15, 0.2) is 0 Å². The van der Waals surface area contributed by atoms with Crippen LogP contribution in [0, 0.1) is 11.3 Å². The number of alkyl halides is 2. The Morgan fingerprint density at radius 2 is 1.85 bits per heavy atom. The van der Waals surface area contributed by atoms with Crippen LogP contribution in [-0.4, -0.2) is 50.9 Å². The average Bonchev–Trinajstić information content (AvgIpc) is 3.11. The summed E-state index contributed by atoms with van der Waals surface area (Å²) in [5, 5.41) is 8.97. The van der Waals surface area contributed by atoms with Gasteiger partial charge in [-0.3, -0.25) is 14.8 Å². The normalized spacial score (nSPS) is 20.4. The third kappa shape index (κ3) is 3.89. The summed E-state index contributed by atoms with van der Waals surface area (Å²) >= 11 is 0. The number of aromatic nitrogens is 3. The number of anilines is 1. The van der Waals surface area contributed by atoms with Gasteiger partial charge in [0.25, 0.3) is 5.92 Å². The van der Waals surface area contributed by atoms with E-state index in [2.05, 4.69) is 25.9 Å². The van der Waals surface area contributed by atoms with Gasteiger partial charge in [-0.2, -0.15) is 14.0 Å². The summed E-state index contributed by atoms with van der Waals surface area (Å²) in [6.07, 6.45) is 7.75. The highest BCUT2D eigenvalue weighted by atomic mass is 19.3. The smallest absolute Gasteiger partial charge is 0.294 e. The van der Waals surface area contributed by atoms with Crippen molar-refractivity contribution in [2.24, 2.45) is 0 Å². The molecule has 2 saturated heterocycles. The topological polar surface area (TPSA) is 86.0 Å². The fourth-order valence-corrected chi connectivity index (χ4v) is 4.69. The van der Waals surface area contributed by atoms with Crippen molar-refractivity contribution in [3.8, 4) is 6.07 Å². The average molecular weight is 446 g/mol. The van der Waals surface area contributed by atoms with Crippen molar-refractivity contribution in [1.29, 1.82) is 5.26 Å². The molecule has 2 aliphatic heterocycles. The molecule has 0 radical (unpaired) electrons. The summed E-state index contributed by atoms with van der Waals surface area (Å²) in [5.74, 6) is -3.03. The van der Waals surface area contributed by atoms with Crippen LogP contribution in [0.2, 0.25) is 0 Å². The first-order chi connectivity index (χ1) is 16.0. The number of fused-ring (bicyclic) bond motifs is 3. The van der Waals surface area contributed by atoms with Crippen LogP contribution in [0.5, 0.6) is 0 Å². The second-order valence-electron chi connectivity index (χ2n) is 8.24. The summed E-state index contributed by atoms with van der Waals surface area (Å²) in [5.41, 5.74) is 0.694. The maximum absolute atomic E-state index is 15.0. The maximum Gasteiger partial charge on any atom is 0.294 e. The molecule has 3 aromatic rings. The lowest BCUT2D eigenvalue weighted by Gasteiger charge is -2.41. The van der Waals surface area contributed by atoms with Gasteiger partial charge in [0.05, 0.1) is 22.2 Å². The quantitative estimate of drug-likeness (QED) is 0.571. The van der Waals surface area contributed by atoms with Gasteiger partial charge in [0.1, 0.15) is 11.9 Å². The number of carbonyl (C=O) groups is 1. The molecule has 33 heavy (non-hydrogen) atoms. The first kappa shape index (κ1) is 20.9. The lowest BCUT2D eigenvalue weighted by molar-refractivity contribution is -0.127. The van der Waals surface area contributed by atoms with E-state index in [0.29, 0.717) is 30.2 Å². The van der Waals surface area contributed by atoms with E-state index in [1.165, 1.54) is 30.7 Å². The van der Waals surface area contributed by atoms with Crippen molar-refractivity contribution < 1.29 is 13.6 Å². The van der Waals surface area contributed by atoms with Gasteiger partial charge in [-0.05, 0) is 37.1 Å². The number of pyridine rings is 1. The third-order valence-electron chi connectivity index (χ3n) is 6.23. The van der Waals surface area contributed by atoms with Crippen LogP contribution < -0.4 is 4.90 Å². The second-order valence-corrected chi connectivity index (χ2v) is 8.24. The zero-order valence-corrected chi connectivity index (χ0v) is 17.6. The maximum atomic E-state index is 15.0. The van der Waals surface area contributed by atoms with Crippen LogP contribution in [0.1, 0.15) is 24.0 Å². The van der Waals surface area contributed by atoms with E-state index in [-0.39, 0.29) is 23.2 Å². The number of para-hydroxylation sites is 1. The van der Waals surface area contributed by atoms with E-state index >= 15 is 0 Å². The van der Waals surface area contributed by atoms with Crippen molar-refractivity contribution >= 4 is 22.8 Å². The fraction of sp³-hybridized carbons (Fsp3) is 0.292. The molecule has 166 valence electrons. The number of amides is 1. The number of likely N-dealkylation sites (tertiary alicyclic amines) is 1. The molecule has 7 nitrogen and oxygen atoms in total. The largest absolute Gasteiger partial charge is 0.347 e. The van der Waals surface area contributed by atoms with Crippen molar-refractivity contribution in [3.63, 3.8) is 0 Å². The molecule has 1 aromatic carbocycles. The Bertz CT molecular complexity index is 1250. The predicted octanol–water partition coefficient (Wildman–Crippen LogP) is 3.42. The van der Waals surface area contributed by atoms with Crippen LogP contribution in [0.3, 0.4) is 0 Å². The number of hydrogen-bond donors (Lipinski definition) is 0. The Hall–Kier alpha value is -3.93. The number of allylic oxidation sites excluding steroid dienone is 1. The van der Waals surface area contributed by atoms with Crippen LogP contribution >= 0.6 is 0 Å². The Kier molecular flexibility index (Phi) is 5.21. The minimum absolute atomic E-state index is 0.0652. The predicted molar refractivity (Wildman–Crippen MR) is 117 cm³/mol. The number of nitriles is 1. The summed E-state index contributed by atoms with van der Waals surface area (Å²) in [6.45, 7) is 0.874. The Morgan fingerprint density at radius 3 is 2.55 bits per heavy atom. The molecule has 0 spiro atoms. The first-order valence-corrected chi connectivity index (χ1v) is 10.7. The van der Waals surface area contributed by atoms with Gasteiger partial charge < -0.3 is 9.80 Å². The van der Waals surface area contributed by atoms with Crippen molar-refractivity contribution in [2.45, 2.75) is 30.8 Å². The van der Waals surface area contributed by atoms with Crippen LogP contribution in [0.4, 0.5) is 14.6 Å². The van der Waals surface area contributed by atoms with E-state index in [1.54, 1.807) is 17.0 Å². The molecule has 0 N–H and O–H groups in total. The Labute approximate surface area is 189 Å². The van der Waals surface area contributed by atoms with Crippen molar-refractivity contribution in [3.05, 3.63) is 72.2 Å². The number of piperazine rings is 1. The molecule has 9 heteroatoms. The van der Waals surface area contributed by atoms with E-state index in [1.807, 2.05) is 6.07 Å². The molecule has 2 fully saturated rings. The zero-order valence-electron chi connectivity index (χ0n) is 17.6. The molecule has 2 bridgehead atoms. The second kappa shape index (κ2) is 8.20. The molecule has 1 amide bonds. The Morgan fingerprint density at radius 1 is 1.09 bits per heavy atom. The number of nitrogens with zero attached hydrogens (tertiary/aromatic N) is 6. The van der Waals surface area contributed by atoms with Gasteiger partial charge in [-0.15, -0.1) is 0 Å². The molecule has 5 rings (SSSR count).